The van der Waals surface area contributed by atoms with Crippen molar-refractivity contribution in [2.24, 2.45) is 0 Å². The van der Waals surface area contributed by atoms with E-state index in [0.29, 0.717) is 6.04 Å². The van der Waals surface area contributed by atoms with Crippen molar-refractivity contribution in [2.75, 3.05) is 7.11 Å². The second kappa shape index (κ2) is 7.46. The third-order valence-electron chi connectivity index (χ3n) is 3.39. The lowest BCUT2D eigenvalue weighted by Gasteiger charge is -2.13. The van der Waals surface area contributed by atoms with Crippen LogP contribution >= 0.6 is 11.3 Å². The standard InChI is InChI=1S/C17H23NOS/c1-4-16-9-10-17(20-16)12-18-13(2)11-14-5-7-15(19-3)8-6-14/h5-10,13,18H,4,11-12H2,1-3H3. The molecule has 2 aromatic rings. The Labute approximate surface area is 125 Å². The predicted molar refractivity (Wildman–Crippen MR) is 86.7 cm³/mol. The van der Waals surface area contributed by atoms with Crippen LogP contribution in [-0.2, 0) is 19.4 Å². The maximum atomic E-state index is 5.18. The lowest BCUT2D eigenvalue weighted by atomic mass is 10.1. The molecule has 1 N–H and O–H groups in total. The molecule has 0 amide bonds. The van der Waals surface area contributed by atoms with Gasteiger partial charge >= 0.3 is 0 Å². The zero-order valence-corrected chi connectivity index (χ0v) is 13.3. The Hall–Kier alpha value is -1.32. The first kappa shape index (κ1) is 15.1. The van der Waals surface area contributed by atoms with Crippen molar-refractivity contribution in [3.8, 4) is 5.75 Å². The minimum Gasteiger partial charge on any atom is -0.497 e. The molecule has 0 fully saturated rings. The summed E-state index contributed by atoms with van der Waals surface area (Å²) < 4.78 is 5.18. The van der Waals surface area contributed by atoms with Gasteiger partial charge in [-0.15, -0.1) is 11.3 Å². The molecule has 2 nitrogen and oxygen atoms in total. The number of methoxy groups -OCH3 is 1. The van der Waals surface area contributed by atoms with Gasteiger partial charge in [0.15, 0.2) is 0 Å². The molecule has 2 rings (SSSR count). The molecule has 0 aliphatic rings. The van der Waals surface area contributed by atoms with Gasteiger partial charge in [0.05, 0.1) is 7.11 Å². The first-order chi connectivity index (χ1) is 9.71. The number of hydrogen-bond donors (Lipinski definition) is 1. The van der Waals surface area contributed by atoms with Crippen LogP contribution in [0.4, 0.5) is 0 Å². The molecule has 3 heteroatoms. The first-order valence-corrected chi connectivity index (χ1v) is 7.96. The highest BCUT2D eigenvalue weighted by Crippen LogP contribution is 2.17. The van der Waals surface area contributed by atoms with Crippen LogP contribution in [0.25, 0.3) is 0 Å². The summed E-state index contributed by atoms with van der Waals surface area (Å²) in [6.07, 6.45) is 2.17. The number of nitrogens with one attached hydrogen (secondary N) is 1. The molecular weight excluding hydrogens is 266 g/mol. The van der Waals surface area contributed by atoms with Crippen molar-refractivity contribution in [3.05, 3.63) is 51.7 Å². The summed E-state index contributed by atoms with van der Waals surface area (Å²) in [5.41, 5.74) is 1.34. The zero-order valence-electron chi connectivity index (χ0n) is 12.5. The van der Waals surface area contributed by atoms with Gasteiger partial charge in [0.2, 0.25) is 0 Å². The SMILES string of the molecule is CCc1ccc(CNC(C)Cc2ccc(OC)cc2)s1. The monoisotopic (exact) mass is 289 g/mol. The van der Waals surface area contributed by atoms with Crippen molar-refractivity contribution in [1.29, 1.82) is 0 Å². The van der Waals surface area contributed by atoms with Crippen molar-refractivity contribution in [2.45, 2.75) is 39.3 Å². The van der Waals surface area contributed by atoms with Gasteiger partial charge in [-0.2, -0.15) is 0 Å². The van der Waals surface area contributed by atoms with E-state index < -0.39 is 0 Å². The van der Waals surface area contributed by atoms with Gasteiger partial charge in [0.25, 0.3) is 0 Å². The summed E-state index contributed by atoms with van der Waals surface area (Å²) in [4.78, 5) is 2.88. The Bertz CT molecular complexity index is 518. The van der Waals surface area contributed by atoms with Gasteiger partial charge < -0.3 is 10.1 Å². The molecule has 20 heavy (non-hydrogen) atoms. The summed E-state index contributed by atoms with van der Waals surface area (Å²) in [5.74, 6) is 0.917. The van der Waals surface area contributed by atoms with E-state index in [2.05, 4.69) is 43.4 Å². The molecule has 0 aliphatic carbocycles. The first-order valence-electron chi connectivity index (χ1n) is 7.15. The topological polar surface area (TPSA) is 21.3 Å². The highest BCUT2D eigenvalue weighted by atomic mass is 32.1. The smallest absolute Gasteiger partial charge is 0.118 e. The Morgan fingerprint density at radius 2 is 1.80 bits per heavy atom. The molecule has 1 aromatic carbocycles. The van der Waals surface area contributed by atoms with Gasteiger partial charge in [-0.25, -0.2) is 0 Å². The Morgan fingerprint density at radius 3 is 2.40 bits per heavy atom. The van der Waals surface area contributed by atoms with Crippen LogP contribution in [0.1, 0.15) is 29.2 Å². The highest BCUT2D eigenvalue weighted by Gasteiger charge is 2.05. The van der Waals surface area contributed by atoms with E-state index >= 15 is 0 Å². The Balaban J connectivity index is 1.80. The zero-order chi connectivity index (χ0) is 14.4. The lowest BCUT2D eigenvalue weighted by Crippen LogP contribution is -2.27. The van der Waals surface area contributed by atoms with E-state index in [4.69, 9.17) is 4.74 Å². The van der Waals surface area contributed by atoms with Crippen LogP contribution < -0.4 is 10.1 Å². The fourth-order valence-corrected chi connectivity index (χ4v) is 3.08. The van der Waals surface area contributed by atoms with Gasteiger partial charge in [-0.1, -0.05) is 19.1 Å². The van der Waals surface area contributed by atoms with E-state index in [1.807, 2.05) is 23.5 Å². The molecule has 0 aliphatic heterocycles. The van der Waals surface area contributed by atoms with E-state index in [1.165, 1.54) is 15.3 Å². The summed E-state index contributed by atoms with van der Waals surface area (Å²) in [7, 11) is 1.70. The Morgan fingerprint density at radius 1 is 1.10 bits per heavy atom. The van der Waals surface area contributed by atoms with E-state index in [-0.39, 0.29) is 0 Å². The number of hydrogen-bond acceptors (Lipinski definition) is 3. The van der Waals surface area contributed by atoms with Crippen molar-refractivity contribution >= 4 is 11.3 Å². The van der Waals surface area contributed by atoms with E-state index in [9.17, 15) is 0 Å². The molecule has 0 spiro atoms. The molecule has 1 unspecified atom stereocenters. The van der Waals surface area contributed by atoms with Gasteiger partial charge in [-0.3, -0.25) is 0 Å². The minimum atomic E-state index is 0.468. The van der Waals surface area contributed by atoms with Crippen LogP contribution in [0.3, 0.4) is 0 Å². The van der Waals surface area contributed by atoms with Gasteiger partial charge in [0, 0.05) is 22.3 Å². The number of benzene rings is 1. The minimum absolute atomic E-state index is 0.468. The number of rotatable bonds is 7. The summed E-state index contributed by atoms with van der Waals surface area (Å²) in [6.45, 7) is 5.40. The highest BCUT2D eigenvalue weighted by molar-refractivity contribution is 7.11. The molecule has 1 atom stereocenters. The van der Waals surface area contributed by atoms with Gasteiger partial charge in [0.1, 0.15) is 5.75 Å². The molecule has 0 saturated heterocycles. The largest absolute Gasteiger partial charge is 0.497 e. The number of aryl methyl sites for hydroxylation is 1. The average molecular weight is 289 g/mol. The quantitative estimate of drug-likeness (QED) is 0.830. The van der Waals surface area contributed by atoms with E-state index in [1.54, 1.807) is 7.11 Å². The maximum Gasteiger partial charge on any atom is 0.118 e. The average Bonchev–Trinajstić information content (AvgIpc) is 2.94. The summed E-state index contributed by atoms with van der Waals surface area (Å²) >= 11 is 1.91. The van der Waals surface area contributed by atoms with E-state index in [0.717, 1.165) is 25.1 Å². The third-order valence-corrected chi connectivity index (χ3v) is 4.62. The molecule has 0 radical (unpaired) electrons. The van der Waals surface area contributed by atoms with Crippen molar-refractivity contribution in [3.63, 3.8) is 0 Å². The molecule has 0 saturated carbocycles. The fraction of sp³-hybridized carbons (Fsp3) is 0.412. The maximum absolute atomic E-state index is 5.18. The predicted octanol–water partition coefficient (Wildman–Crippen LogP) is 4.04. The molecule has 1 heterocycles. The fourth-order valence-electron chi connectivity index (χ4n) is 2.17. The second-order valence-electron chi connectivity index (χ2n) is 5.06. The normalized spacial score (nSPS) is 12.3. The van der Waals surface area contributed by atoms with Crippen LogP contribution in [0.5, 0.6) is 5.75 Å². The molecule has 108 valence electrons. The van der Waals surface area contributed by atoms with Crippen molar-refractivity contribution < 1.29 is 4.74 Å². The second-order valence-corrected chi connectivity index (χ2v) is 6.31. The Kier molecular flexibility index (Phi) is 5.62. The molecular formula is C17H23NOS. The third kappa shape index (κ3) is 4.36. The summed E-state index contributed by atoms with van der Waals surface area (Å²) in [6, 6.07) is 13.3. The van der Waals surface area contributed by atoms with Crippen LogP contribution in [0.2, 0.25) is 0 Å². The molecule has 0 bridgehead atoms. The number of thiophene rings is 1. The van der Waals surface area contributed by atoms with Crippen LogP contribution in [-0.4, -0.2) is 13.2 Å². The van der Waals surface area contributed by atoms with Crippen molar-refractivity contribution in [1.82, 2.24) is 5.32 Å². The van der Waals surface area contributed by atoms with Crippen LogP contribution in [0, 0.1) is 0 Å². The van der Waals surface area contributed by atoms with Gasteiger partial charge in [-0.05, 0) is 49.6 Å². The van der Waals surface area contributed by atoms with Crippen LogP contribution in [0.15, 0.2) is 36.4 Å². The number of ether oxygens (including phenoxy) is 1. The summed E-state index contributed by atoms with van der Waals surface area (Å²) in [5, 5.41) is 3.59. The lowest BCUT2D eigenvalue weighted by molar-refractivity contribution is 0.414. The molecule has 1 aromatic heterocycles.